The fraction of sp³-hybridized carbons (Fsp3) is 0.118. The topological polar surface area (TPSA) is 32.9 Å². The molecule has 0 aliphatic rings. The van der Waals surface area contributed by atoms with Crippen LogP contribution in [0.15, 0.2) is 47.1 Å². The van der Waals surface area contributed by atoms with Gasteiger partial charge in [0, 0.05) is 32.7 Å². The Morgan fingerprint density at radius 2 is 1.90 bits per heavy atom. The van der Waals surface area contributed by atoms with Gasteiger partial charge in [-0.15, -0.1) is 0 Å². The van der Waals surface area contributed by atoms with Crippen molar-refractivity contribution in [2.75, 3.05) is 0 Å². The van der Waals surface area contributed by atoms with Crippen molar-refractivity contribution in [2.24, 2.45) is 0 Å². The molecule has 1 N–H and O–H groups in total. The first-order chi connectivity index (χ1) is 9.58. The molecular weight excluding hydrogens is 314 g/mol. The SMILES string of the molecule is Cc1ccc2c(C(=O)c3cccc(Br)c3C)c[nH]c2c1. The van der Waals surface area contributed by atoms with E-state index >= 15 is 0 Å². The second-order valence-corrected chi connectivity index (χ2v) is 5.85. The van der Waals surface area contributed by atoms with Crippen molar-refractivity contribution >= 4 is 32.6 Å². The van der Waals surface area contributed by atoms with Gasteiger partial charge in [-0.25, -0.2) is 0 Å². The van der Waals surface area contributed by atoms with Gasteiger partial charge >= 0.3 is 0 Å². The van der Waals surface area contributed by atoms with E-state index in [-0.39, 0.29) is 5.78 Å². The van der Waals surface area contributed by atoms with E-state index in [1.165, 1.54) is 5.56 Å². The Labute approximate surface area is 126 Å². The van der Waals surface area contributed by atoms with Crippen LogP contribution in [0.4, 0.5) is 0 Å². The smallest absolute Gasteiger partial charge is 0.195 e. The Morgan fingerprint density at radius 3 is 2.70 bits per heavy atom. The van der Waals surface area contributed by atoms with E-state index in [1.807, 2.05) is 44.2 Å². The van der Waals surface area contributed by atoms with Gasteiger partial charge in [-0.05, 0) is 37.1 Å². The number of hydrogen-bond donors (Lipinski definition) is 1. The van der Waals surface area contributed by atoms with E-state index in [4.69, 9.17) is 0 Å². The van der Waals surface area contributed by atoms with Gasteiger partial charge in [-0.3, -0.25) is 4.79 Å². The highest BCUT2D eigenvalue weighted by Crippen LogP contribution is 2.26. The highest BCUT2D eigenvalue weighted by molar-refractivity contribution is 9.10. The average Bonchev–Trinajstić information content (AvgIpc) is 2.84. The van der Waals surface area contributed by atoms with E-state index in [0.29, 0.717) is 0 Å². The van der Waals surface area contributed by atoms with Crippen molar-refractivity contribution in [2.45, 2.75) is 13.8 Å². The Hall–Kier alpha value is -1.87. The third kappa shape index (κ3) is 2.08. The lowest BCUT2D eigenvalue weighted by molar-refractivity contribution is 0.103. The van der Waals surface area contributed by atoms with Gasteiger partial charge in [0.1, 0.15) is 0 Å². The van der Waals surface area contributed by atoms with Crippen molar-refractivity contribution in [1.29, 1.82) is 0 Å². The lowest BCUT2D eigenvalue weighted by atomic mass is 9.98. The average molecular weight is 328 g/mol. The van der Waals surface area contributed by atoms with Gasteiger partial charge < -0.3 is 4.98 Å². The summed E-state index contributed by atoms with van der Waals surface area (Å²) in [6, 6.07) is 11.8. The molecule has 0 saturated heterocycles. The minimum atomic E-state index is 0.0545. The lowest BCUT2D eigenvalue weighted by Gasteiger charge is -2.06. The molecule has 0 radical (unpaired) electrons. The Bertz CT molecular complexity index is 817. The maximum absolute atomic E-state index is 12.7. The van der Waals surface area contributed by atoms with Gasteiger partial charge in [-0.1, -0.05) is 40.2 Å². The molecular formula is C17H14BrNO. The minimum Gasteiger partial charge on any atom is -0.360 e. The summed E-state index contributed by atoms with van der Waals surface area (Å²) in [5, 5.41) is 0.972. The molecule has 2 aromatic carbocycles. The van der Waals surface area contributed by atoms with E-state index in [9.17, 15) is 4.79 Å². The lowest BCUT2D eigenvalue weighted by Crippen LogP contribution is -2.03. The summed E-state index contributed by atoms with van der Waals surface area (Å²) in [6.07, 6.45) is 1.80. The summed E-state index contributed by atoms with van der Waals surface area (Å²) in [7, 11) is 0. The molecule has 0 amide bonds. The summed E-state index contributed by atoms with van der Waals surface area (Å²) in [5.41, 5.74) is 4.61. The molecule has 1 aromatic heterocycles. The maximum atomic E-state index is 12.7. The largest absolute Gasteiger partial charge is 0.360 e. The van der Waals surface area contributed by atoms with Crippen LogP contribution in [-0.2, 0) is 0 Å². The van der Waals surface area contributed by atoms with Crippen molar-refractivity contribution in [1.82, 2.24) is 4.98 Å². The number of aromatic nitrogens is 1. The Balaban J connectivity index is 2.16. The highest BCUT2D eigenvalue weighted by atomic mass is 79.9. The molecule has 20 heavy (non-hydrogen) atoms. The normalized spacial score (nSPS) is 10.9. The number of fused-ring (bicyclic) bond motifs is 1. The molecule has 0 aliphatic heterocycles. The number of benzene rings is 2. The molecule has 0 spiro atoms. The van der Waals surface area contributed by atoms with Crippen LogP contribution in [0.2, 0.25) is 0 Å². The van der Waals surface area contributed by atoms with E-state index in [0.717, 1.165) is 32.1 Å². The molecule has 0 saturated carbocycles. The quantitative estimate of drug-likeness (QED) is 0.675. The number of H-pyrrole nitrogens is 1. The van der Waals surface area contributed by atoms with Gasteiger partial charge in [0.05, 0.1) is 0 Å². The third-order valence-electron chi connectivity index (χ3n) is 3.59. The highest BCUT2D eigenvalue weighted by Gasteiger charge is 2.16. The van der Waals surface area contributed by atoms with E-state index in [2.05, 4.69) is 27.0 Å². The van der Waals surface area contributed by atoms with Crippen LogP contribution in [0.5, 0.6) is 0 Å². The molecule has 3 aromatic rings. The van der Waals surface area contributed by atoms with Gasteiger partial charge in [0.2, 0.25) is 0 Å². The second-order valence-electron chi connectivity index (χ2n) is 4.99. The predicted molar refractivity (Wildman–Crippen MR) is 85.3 cm³/mol. The number of halogens is 1. The molecule has 3 heteroatoms. The second kappa shape index (κ2) is 4.91. The summed E-state index contributed by atoms with van der Waals surface area (Å²) in [5.74, 6) is 0.0545. The van der Waals surface area contributed by atoms with Crippen LogP contribution >= 0.6 is 15.9 Å². The van der Waals surface area contributed by atoms with Crippen molar-refractivity contribution in [3.8, 4) is 0 Å². The van der Waals surface area contributed by atoms with Crippen LogP contribution in [0.1, 0.15) is 27.0 Å². The van der Waals surface area contributed by atoms with E-state index < -0.39 is 0 Å². The van der Waals surface area contributed by atoms with Crippen molar-refractivity contribution < 1.29 is 4.79 Å². The number of aryl methyl sites for hydroxylation is 1. The van der Waals surface area contributed by atoms with Crippen molar-refractivity contribution in [3.05, 3.63) is 69.3 Å². The minimum absolute atomic E-state index is 0.0545. The number of carbonyl (C=O) groups excluding carboxylic acids is 1. The Kier molecular flexibility index (Phi) is 3.22. The monoisotopic (exact) mass is 327 g/mol. The number of hydrogen-bond acceptors (Lipinski definition) is 1. The molecule has 1 heterocycles. The van der Waals surface area contributed by atoms with Crippen LogP contribution in [0, 0.1) is 13.8 Å². The Morgan fingerprint density at radius 1 is 1.10 bits per heavy atom. The molecule has 0 bridgehead atoms. The van der Waals surface area contributed by atoms with E-state index in [1.54, 1.807) is 6.20 Å². The number of nitrogens with one attached hydrogen (secondary N) is 1. The molecule has 100 valence electrons. The molecule has 3 rings (SSSR count). The number of aromatic amines is 1. The first kappa shape index (κ1) is 13.1. The number of ketones is 1. The molecule has 2 nitrogen and oxygen atoms in total. The summed E-state index contributed by atoms with van der Waals surface area (Å²) in [4.78, 5) is 15.9. The molecule has 0 aliphatic carbocycles. The maximum Gasteiger partial charge on any atom is 0.195 e. The number of carbonyl (C=O) groups is 1. The first-order valence-electron chi connectivity index (χ1n) is 6.45. The third-order valence-corrected chi connectivity index (χ3v) is 4.45. The first-order valence-corrected chi connectivity index (χ1v) is 7.25. The summed E-state index contributed by atoms with van der Waals surface area (Å²) in [6.45, 7) is 4.00. The van der Waals surface area contributed by atoms with Crippen LogP contribution in [-0.4, -0.2) is 10.8 Å². The number of rotatable bonds is 2. The van der Waals surface area contributed by atoms with Gasteiger partial charge in [0.15, 0.2) is 5.78 Å². The standard InChI is InChI=1S/C17H14BrNO/c1-10-6-7-13-14(9-19-16(13)8-10)17(20)12-4-3-5-15(18)11(12)2/h3-9,19H,1-2H3. The predicted octanol–water partition coefficient (Wildman–Crippen LogP) is 4.78. The van der Waals surface area contributed by atoms with Crippen molar-refractivity contribution in [3.63, 3.8) is 0 Å². The van der Waals surface area contributed by atoms with Crippen LogP contribution in [0.25, 0.3) is 10.9 Å². The van der Waals surface area contributed by atoms with Gasteiger partial charge in [0.25, 0.3) is 0 Å². The molecule has 0 fully saturated rings. The summed E-state index contributed by atoms with van der Waals surface area (Å²) < 4.78 is 0.957. The van der Waals surface area contributed by atoms with Gasteiger partial charge in [-0.2, -0.15) is 0 Å². The summed E-state index contributed by atoms with van der Waals surface area (Å²) >= 11 is 3.48. The van der Waals surface area contributed by atoms with Crippen LogP contribution < -0.4 is 0 Å². The molecule has 0 atom stereocenters. The molecule has 0 unspecified atom stereocenters. The fourth-order valence-electron chi connectivity index (χ4n) is 2.43. The zero-order valence-corrected chi connectivity index (χ0v) is 12.9. The fourth-order valence-corrected chi connectivity index (χ4v) is 2.79. The van der Waals surface area contributed by atoms with Crippen LogP contribution in [0.3, 0.4) is 0 Å². The zero-order valence-electron chi connectivity index (χ0n) is 11.3. The zero-order chi connectivity index (χ0) is 14.3.